The molecule has 33 heavy (non-hydrogen) atoms. The van der Waals surface area contributed by atoms with Crippen LogP contribution >= 0.6 is 0 Å². The van der Waals surface area contributed by atoms with Crippen LogP contribution in [-0.4, -0.2) is 52.9 Å². The molecule has 2 aliphatic heterocycles. The molecule has 0 unspecified atom stereocenters. The Labute approximate surface area is 186 Å². The van der Waals surface area contributed by atoms with E-state index in [0.717, 1.165) is 10.4 Å². The van der Waals surface area contributed by atoms with Crippen molar-refractivity contribution in [2.75, 3.05) is 36.4 Å². The number of rotatable bonds is 3. The lowest BCUT2D eigenvalue weighted by Crippen LogP contribution is -2.49. The average molecular weight is 463 g/mol. The van der Waals surface area contributed by atoms with Gasteiger partial charge < -0.3 is 19.5 Å². The molecule has 11 heteroatoms. The molecular weight excluding hydrogens is 442 g/mol. The Morgan fingerprint density at radius 1 is 1.09 bits per heavy atom. The smallest absolute Gasteiger partial charge is 0.410 e. The lowest BCUT2D eigenvalue weighted by molar-refractivity contribution is -0.174. The van der Waals surface area contributed by atoms with Crippen molar-refractivity contribution in [1.82, 2.24) is 14.7 Å². The van der Waals surface area contributed by atoms with Gasteiger partial charge in [-0.25, -0.2) is 9.07 Å². The summed E-state index contributed by atoms with van der Waals surface area (Å²) < 4.78 is 60.6. The molecule has 7 nitrogen and oxygen atoms in total. The first kappa shape index (κ1) is 21.4. The summed E-state index contributed by atoms with van der Waals surface area (Å²) in [7, 11) is 0. The van der Waals surface area contributed by atoms with Crippen LogP contribution in [0.3, 0.4) is 0 Å². The van der Waals surface area contributed by atoms with Crippen molar-refractivity contribution in [3.8, 4) is 0 Å². The second-order valence-electron chi connectivity index (χ2n) is 8.12. The molecule has 1 N–H and O–H groups in total. The molecule has 1 saturated heterocycles. The normalized spacial score (nSPS) is 21.0. The number of halogens is 4. The molecule has 0 bridgehead atoms. The van der Waals surface area contributed by atoms with E-state index in [-0.39, 0.29) is 23.7 Å². The van der Waals surface area contributed by atoms with Gasteiger partial charge in [-0.3, -0.25) is 4.79 Å². The van der Waals surface area contributed by atoms with E-state index in [4.69, 9.17) is 4.42 Å². The van der Waals surface area contributed by atoms with E-state index in [0.29, 0.717) is 31.9 Å². The molecule has 1 amide bonds. The van der Waals surface area contributed by atoms with Crippen LogP contribution in [-0.2, 0) is 0 Å². The summed E-state index contributed by atoms with van der Waals surface area (Å²) >= 11 is 0. The van der Waals surface area contributed by atoms with Crippen LogP contribution in [0.5, 0.6) is 0 Å². The Morgan fingerprint density at radius 2 is 1.82 bits per heavy atom. The monoisotopic (exact) mass is 463 g/mol. The maximum Gasteiger partial charge on any atom is 0.410 e. The van der Waals surface area contributed by atoms with Gasteiger partial charge in [0.25, 0.3) is 5.91 Å². The lowest BCUT2D eigenvalue weighted by atomic mass is 10.0. The van der Waals surface area contributed by atoms with E-state index in [1.54, 1.807) is 29.2 Å². The van der Waals surface area contributed by atoms with E-state index in [1.165, 1.54) is 24.5 Å². The number of alkyl halides is 3. The van der Waals surface area contributed by atoms with Crippen LogP contribution in [0.25, 0.3) is 0 Å². The minimum Gasteiger partial charge on any atom is -0.467 e. The zero-order valence-corrected chi connectivity index (χ0v) is 17.4. The topological polar surface area (TPSA) is 66.5 Å². The van der Waals surface area contributed by atoms with Crippen molar-refractivity contribution < 1.29 is 26.8 Å². The number of aromatic nitrogens is 2. The van der Waals surface area contributed by atoms with Gasteiger partial charge in [0.1, 0.15) is 17.4 Å². The number of carbonyl (C=O) groups is 1. The van der Waals surface area contributed by atoms with Crippen LogP contribution in [0.4, 0.5) is 29.1 Å². The van der Waals surface area contributed by atoms with E-state index in [9.17, 15) is 22.4 Å². The summed E-state index contributed by atoms with van der Waals surface area (Å²) in [4.78, 5) is 16.6. The molecule has 0 radical (unpaired) electrons. The third-order valence-corrected chi connectivity index (χ3v) is 6.05. The Kier molecular flexibility index (Phi) is 5.26. The second kappa shape index (κ2) is 8.13. The van der Waals surface area contributed by atoms with Crippen LogP contribution in [0, 0.1) is 5.82 Å². The number of nitrogens with zero attached hydrogens (tertiary/aromatic N) is 4. The number of carbonyl (C=O) groups excluding carboxylic acids is 1. The predicted octanol–water partition coefficient (Wildman–Crippen LogP) is 4.24. The minimum absolute atomic E-state index is 0.0397. The summed E-state index contributed by atoms with van der Waals surface area (Å²) in [6, 6.07) is 8.14. The van der Waals surface area contributed by atoms with Gasteiger partial charge in [-0.2, -0.15) is 18.3 Å². The highest BCUT2D eigenvalue weighted by atomic mass is 19.4. The Hall–Kier alpha value is -3.50. The standard InChI is InChI=1S/C22H21F4N5O2/c23-14-3-5-15(6-4-14)29-7-9-30(10-8-29)21(32)17-13-20-27-16(18-2-1-11-33-18)12-19(22(24,25)26)31(20)28-17/h1-6,11,13,16,19,27H,7-10,12H2/t16-,19-/m1/s1. The van der Waals surface area contributed by atoms with Gasteiger partial charge in [0, 0.05) is 44.4 Å². The molecule has 2 aromatic heterocycles. The molecule has 2 aliphatic rings. The maximum absolute atomic E-state index is 13.8. The predicted molar refractivity (Wildman–Crippen MR) is 112 cm³/mol. The number of anilines is 2. The van der Waals surface area contributed by atoms with Crippen LogP contribution in [0.2, 0.25) is 0 Å². The van der Waals surface area contributed by atoms with E-state index in [1.807, 2.05) is 4.90 Å². The molecule has 1 fully saturated rings. The maximum atomic E-state index is 13.8. The SMILES string of the molecule is O=C(c1cc2n(n1)[C@@H](C(F)(F)F)C[C@H](c1ccco1)N2)N1CCN(c2ccc(F)cc2)CC1. The molecule has 5 rings (SSSR count). The summed E-state index contributed by atoms with van der Waals surface area (Å²) in [5.74, 6) is -0.232. The third kappa shape index (κ3) is 4.14. The Balaban J connectivity index is 1.33. The van der Waals surface area contributed by atoms with E-state index < -0.39 is 24.2 Å². The fraction of sp³-hybridized carbons (Fsp3) is 0.364. The number of benzene rings is 1. The first-order chi connectivity index (χ1) is 15.8. The molecule has 0 saturated carbocycles. The van der Waals surface area contributed by atoms with Gasteiger partial charge in [-0.05, 0) is 36.4 Å². The summed E-state index contributed by atoms with van der Waals surface area (Å²) in [5, 5.41) is 7.04. The number of piperazine rings is 1. The van der Waals surface area contributed by atoms with Crippen LogP contribution in [0.15, 0.2) is 53.1 Å². The first-order valence-corrected chi connectivity index (χ1v) is 10.6. The van der Waals surface area contributed by atoms with Crippen molar-refractivity contribution in [3.63, 3.8) is 0 Å². The number of amides is 1. The minimum atomic E-state index is -4.53. The molecule has 3 aromatic rings. The quantitative estimate of drug-likeness (QED) is 0.589. The molecule has 0 spiro atoms. The number of hydrogen-bond donors (Lipinski definition) is 1. The molecule has 0 aliphatic carbocycles. The zero-order chi connectivity index (χ0) is 23.2. The fourth-order valence-corrected chi connectivity index (χ4v) is 4.34. The molecule has 174 valence electrons. The van der Waals surface area contributed by atoms with Crippen molar-refractivity contribution >= 4 is 17.4 Å². The van der Waals surface area contributed by atoms with Gasteiger partial charge in [-0.15, -0.1) is 0 Å². The van der Waals surface area contributed by atoms with Crippen LogP contribution < -0.4 is 10.2 Å². The van der Waals surface area contributed by atoms with Crippen LogP contribution in [0.1, 0.15) is 34.8 Å². The van der Waals surface area contributed by atoms with Crippen molar-refractivity contribution in [2.45, 2.75) is 24.7 Å². The van der Waals surface area contributed by atoms with Gasteiger partial charge in [0.15, 0.2) is 11.7 Å². The summed E-state index contributed by atoms with van der Waals surface area (Å²) in [6.07, 6.45) is -3.42. The van der Waals surface area contributed by atoms with E-state index in [2.05, 4.69) is 10.4 Å². The van der Waals surface area contributed by atoms with E-state index >= 15 is 0 Å². The molecule has 2 atom stereocenters. The number of fused-ring (bicyclic) bond motifs is 1. The zero-order valence-electron chi connectivity index (χ0n) is 17.4. The van der Waals surface area contributed by atoms with Gasteiger partial charge in [-0.1, -0.05) is 0 Å². The number of nitrogens with one attached hydrogen (secondary N) is 1. The molecular formula is C22H21F4N5O2. The second-order valence-corrected chi connectivity index (χ2v) is 8.12. The Morgan fingerprint density at radius 3 is 2.45 bits per heavy atom. The fourth-order valence-electron chi connectivity index (χ4n) is 4.34. The number of furan rings is 1. The van der Waals surface area contributed by atoms with Crippen molar-refractivity contribution in [2.24, 2.45) is 0 Å². The average Bonchev–Trinajstić information content (AvgIpc) is 3.48. The summed E-state index contributed by atoms with van der Waals surface area (Å²) in [5.41, 5.74) is 0.809. The first-order valence-electron chi connectivity index (χ1n) is 10.6. The molecule has 4 heterocycles. The lowest BCUT2D eigenvalue weighted by Gasteiger charge is -2.35. The van der Waals surface area contributed by atoms with Crippen molar-refractivity contribution in [1.29, 1.82) is 0 Å². The molecule has 1 aromatic carbocycles. The van der Waals surface area contributed by atoms with Gasteiger partial charge in [0.2, 0.25) is 0 Å². The Bertz CT molecular complexity index is 1120. The number of hydrogen-bond acceptors (Lipinski definition) is 5. The summed E-state index contributed by atoms with van der Waals surface area (Å²) in [6.45, 7) is 1.80. The largest absolute Gasteiger partial charge is 0.467 e. The third-order valence-electron chi connectivity index (χ3n) is 6.05. The van der Waals surface area contributed by atoms with Gasteiger partial charge in [0.05, 0.1) is 12.3 Å². The van der Waals surface area contributed by atoms with Crippen molar-refractivity contribution in [3.05, 3.63) is 66.0 Å². The highest BCUT2D eigenvalue weighted by molar-refractivity contribution is 5.93. The van der Waals surface area contributed by atoms with Gasteiger partial charge >= 0.3 is 6.18 Å². The highest BCUT2D eigenvalue weighted by Gasteiger charge is 2.47. The highest BCUT2D eigenvalue weighted by Crippen LogP contribution is 2.43.